The molecule has 0 saturated heterocycles. The molecule has 112 valence electrons. The smallest absolute Gasteiger partial charge is 0.165 e. The van der Waals surface area contributed by atoms with Crippen LogP contribution in [-0.4, -0.2) is 10.4 Å². The molecule has 1 aromatic heterocycles. The molecule has 3 rings (SSSR count). The Labute approximate surface area is 131 Å². The fraction of sp³-hybridized carbons (Fsp3) is 0.500. The third-order valence-electron chi connectivity index (χ3n) is 4.70. The van der Waals surface area contributed by atoms with Gasteiger partial charge in [0.2, 0.25) is 0 Å². The Hall–Kier alpha value is -1.28. The molecule has 3 heteroatoms. The minimum absolute atomic E-state index is 0.287. The van der Waals surface area contributed by atoms with Gasteiger partial charge in [-0.1, -0.05) is 56.2 Å². The molecular formula is C18H22ClNO. The first-order valence-electron chi connectivity index (χ1n) is 7.93. The van der Waals surface area contributed by atoms with Gasteiger partial charge in [-0.25, -0.2) is 0 Å². The highest BCUT2D eigenvalue weighted by atomic mass is 35.5. The van der Waals surface area contributed by atoms with E-state index in [0.717, 1.165) is 16.5 Å². The molecule has 2 nitrogen and oxygen atoms in total. The third kappa shape index (κ3) is 3.16. The van der Waals surface area contributed by atoms with E-state index < -0.39 is 0 Å². The molecule has 1 aliphatic carbocycles. The average molecular weight is 304 g/mol. The van der Waals surface area contributed by atoms with E-state index in [1.807, 2.05) is 36.0 Å². The first-order chi connectivity index (χ1) is 10.1. The number of hydrogen-bond donors (Lipinski definition) is 0. The summed E-state index contributed by atoms with van der Waals surface area (Å²) < 4.78 is 2.00. The summed E-state index contributed by atoms with van der Waals surface area (Å²) in [5.41, 5.74) is 1.89. The lowest BCUT2D eigenvalue weighted by Gasteiger charge is -2.12. The number of rotatable bonds is 3. The van der Waals surface area contributed by atoms with Crippen molar-refractivity contribution in [1.82, 2.24) is 4.57 Å². The second kappa shape index (κ2) is 6.23. The minimum Gasteiger partial charge on any atom is -0.350 e. The van der Waals surface area contributed by atoms with Crippen LogP contribution in [0.25, 0.3) is 10.9 Å². The number of aryl methyl sites for hydroxylation is 1. The number of ketones is 1. The molecule has 2 aromatic rings. The van der Waals surface area contributed by atoms with Crippen molar-refractivity contribution < 1.29 is 4.79 Å². The molecule has 0 aliphatic heterocycles. The Kier molecular flexibility index (Phi) is 4.34. The number of carbonyl (C=O) groups is 1. The number of fused-ring (bicyclic) bond motifs is 1. The van der Waals surface area contributed by atoms with Gasteiger partial charge >= 0.3 is 0 Å². The van der Waals surface area contributed by atoms with Crippen LogP contribution >= 0.6 is 11.6 Å². The summed E-state index contributed by atoms with van der Waals surface area (Å²) in [4.78, 5) is 12.7. The zero-order valence-corrected chi connectivity index (χ0v) is 13.3. The fourth-order valence-electron chi connectivity index (χ4n) is 3.52. The van der Waals surface area contributed by atoms with Crippen LogP contribution in [0.5, 0.6) is 0 Å². The van der Waals surface area contributed by atoms with Crippen LogP contribution < -0.4 is 0 Å². The quantitative estimate of drug-likeness (QED) is 0.551. The SMILES string of the molecule is Cn1cc(C(=O)CC2CCCCCC2)c2ccc(Cl)cc21. The molecule has 1 aliphatic rings. The van der Waals surface area contributed by atoms with E-state index in [1.165, 1.54) is 38.5 Å². The van der Waals surface area contributed by atoms with Crippen LogP contribution in [0.15, 0.2) is 24.4 Å². The lowest BCUT2D eigenvalue weighted by atomic mass is 9.92. The fourth-order valence-corrected chi connectivity index (χ4v) is 3.69. The predicted molar refractivity (Wildman–Crippen MR) is 88.1 cm³/mol. The van der Waals surface area contributed by atoms with Crippen LogP contribution in [0.4, 0.5) is 0 Å². The van der Waals surface area contributed by atoms with Crippen molar-refractivity contribution in [3.63, 3.8) is 0 Å². The number of carbonyl (C=O) groups excluding carboxylic acids is 1. The van der Waals surface area contributed by atoms with E-state index in [1.54, 1.807) is 0 Å². The van der Waals surface area contributed by atoms with E-state index in [0.29, 0.717) is 17.4 Å². The molecule has 1 fully saturated rings. The van der Waals surface area contributed by atoms with Crippen molar-refractivity contribution >= 4 is 28.3 Å². The standard InChI is InChI=1S/C18H22ClNO/c1-20-12-16(15-9-8-14(19)11-17(15)20)18(21)10-13-6-4-2-3-5-7-13/h8-9,11-13H,2-7,10H2,1H3. The maximum Gasteiger partial charge on any atom is 0.165 e. The highest BCUT2D eigenvalue weighted by Gasteiger charge is 2.20. The topological polar surface area (TPSA) is 22.0 Å². The van der Waals surface area contributed by atoms with Gasteiger partial charge in [-0.2, -0.15) is 0 Å². The summed E-state index contributed by atoms with van der Waals surface area (Å²) in [6.07, 6.45) is 10.3. The van der Waals surface area contributed by atoms with Crippen molar-refractivity contribution in [2.24, 2.45) is 13.0 Å². The van der Waals surface area contributed by atoms with Gasteiger partial charge in [0.15, 0.2) is 5.78 Å². The average Bonchev–Trinajstić information content (AvgIpc) is 2.65. The molecule has 21 heavy (non-hydrogen) atoms. The van der Waals surface area contributed by atoms with Crippen LogP contribution in [0.2, 0.25) is 5.02 Å². The number of hydrogen-bond acceptors (Lipinski definition) is 1. The molecule has 0 N–H and O–H groups in total. The summed E-state index contributed by atoms with van der Waals surface area (Å²) in [5, 5.41) is 1.74. The Balaban J connectivity index is 1.84. The van der Waals surface area contributed by atoms with Crippen LogP contribution in [-0.2, 0) is 7.05 Å². The van der Waals surface area contributed by atoms with Crippen molar-refractivity contribution in [2.45, 2.75) is 44.9 Å². The zero-order valence-electron chi connectivity index (χ0n) is 12.6. The van der Waals surface area contributed by atoms with Crippen molar-refractivity contribution in [2.75, 3.05) is 0 Å². The minimum atomic E-state index is 0.287. The van der Waals surface area contributed by atoms with Gasteiger partial charge in [-0.3, -0.25) is 4.79 Å². The van der Waals surface area contributed by atoms with Gasteiger partial charge < -0.3 is 4.57 Å². The molecular weight excluding hydrogens is 282 g/mol. The van der Waals surface area contributed by atoms with Crippen LogP contribution in [0.3, 0.4) is 0 Å². The van der Waals surface area contributed by atoms with Crippen molar-refractivity contribution in [3.05, 3.63) is 35.0 Å². The van der Waals surface area contributed by atoms with Crippen LogP contribution in [0, 0.1) is 5.92 Å². The Morgan fingerprint density at radius 1 is 1.24 bits per heavy atom. The summed E-state index contributed by atoms with van der Waals surface area (Å²) in [7, 11) is 1.97. The molecule has 0 amide bonds. The number of benzene rings is 1. The molecule has 0 bridgehead atoms. The maximum absolute atomic E-state index is 12.7. The summed E-state index contributed by atoms with van der Waals surface area (Å²) in [6, 6.07) is 5.77. The summed E-state index contributed by atoms with van der Waals surface area (Å²) >= 11 is 6.05. The maximum atomic E-state index is 12.7. The molecule has 0 radical (unpaired) electrons. The lowest BCUT2D eigenvalue weighted by Crippen LogP contribution is -2.08. The second-order valence-corrected chi connectivity index (χ2v) is 6.74. The molecule has 1 aromatic carbocycles. The second-order valence-electron chi connectivity index (χ2n) is 6.30. The van der Waals surface area contributed by atoms with Gasteiger partial charge in [-0.15, -0.1) is 0 Å². The highest BCUT2D eigenvalue weighted by molar-refractivity contribution is 6.31. The Morgan fingerprint density at radius 2 is 1.95 bits per heavy atom. The number of nitrogens with zero attached hydrogens (tertiary/aromatic N) is 1. The van der Waals surface area contributed by atoms with Gasteiger partial charge in [-0.05, 0) is 18.1 Å². The van der Waals surface area contributed by atoms with E-state index in [4.69, 9.17) is 11.6 Å². The Morgan fingerprint density at radius 3 is 2.67 bits per heavy atom. The van der Waals surface area contributed by atoms with Crippen LogP contribution in [0.1, 0.15) is 55.3 Å². The first-order valence-corrected chi connectivity index (χ1v) is 8.31. The van der Waals surface area contributed by atoms with Gasteiger partial charge in [0.25, 0.3) is 0 Å². The summed E-state index contributed by atoms with van der Waals surface area (Å²) in [6.45, 7) is 0. The molecule has 1 saturated carbocycles. The number of aromatic nitrogens is 1. The van der Waals surface area contributed by atoms with E-state index in [-0.39, 0.29) is 5.78 Å². The number of Topliss-reactive ketones (excluding diaryl/α,β-unsaturated/α-hetero) is 1. The monoisotopic (exact) mass is 303 g/mol. The summed E-state index contributed by atoms with van der Waals surface area (Å²) in [5.74, 6) is 0.859. The van der Waals surface area contributed by atoms with E-state index in [9.17, 15) is 4.79 Å². The predicted octanol–water partition coefficient (Wildman–Crippen LogP) is 5.37. The van der Waals surface area contributed by atoms with Gasteiger partial charge in [0.1, 0.15) is 0 Å². The Bertz CT molecular complexity index is 651. The molecule has 0 spiro atoms. The third-order valence-corrected chi connectivity index (χ3v) is 4.94. The number of halogens is 1. The van der Waals surface area contributed by atoms with E-state index >= 15 is 0 Å². The van der Waals surface area contributed by atoms with Crippen molar-refractivity contribution in [1.29, 1.82) is 0 Å². The van der Waals surface area contributed by atoms with Gasteiger partial charge in [0.05, 0.1) is 0 Å². The normalized spacial score (nSPS) is 17.0. The molecule has 0 unspecified atom stereocenters. The lowest BCUT2D eigenvalue weighted by molar-refractivity contribution is 0.0958. The molecule has 0 atom stereocenters. The largest absolute Gasteiger partial charge is 0.350 e. The highest BCUT2D eigenvalue weighted by Crippen LogP contribution is 2.29. The first kappa shape index (κ1) is 14.6. The van der Waals surface area contributed by atoms with E-state index in [2.05, 4.69) is 0 Å². The van der Waals surface area contributed by atoms with Gasteiger partial charge in [0, 0.05) is 41.2 Å². The molecule has 1 heterocycles. The van der Waals surface area contributed by atoms with Crippen molar-refractivity contribution in [3.8, 4) is 0 Å². The zero-order chi connectivity index (χ0) is 14.8.